The molecule has 1 N–H and O–H groups in total. The van der Waals surface area contributed by atoms with E-state index >= 15 is 0 Å². The van der Waals surface area contributed by atoms with Gasteiger partial charge in [-0.3, -0.25) is 9.59 Å². The minimum absolute atomic E-state index is 0.0508. The van der Waals surface area contributed by atoms with Gasteiger partial charge in [-0.25, -0.2) is 4.79 Å². The van der Waals surface area contributed by atoms with Crippen molar-refractivity contribution in [1.29, 1.82) is 0 Å². The average molecular weight is 458 g/mol. The molecule has 1 aromatic rings. The molecule has 1 aromatic heterocycles. The first-order valence-electron chi connectivity index (χ1n) is 12.2. The summed E-state index contributed by atoms with van der Waals surface area (Å²) in [7, 11) is 0. The Morgan fingerprint density at radius 1 is 1.06 bits per heavy atom. The van der Waals surface area contributed by atoms with Crippen molar-refractivity contribution in [2.24, 2.45) is 11.8 Å². The van der Waals surface area contributed by atoms with Gasteiger partial charge in [-0.1, -0.05) is 18.6 Å². The predicted octanol–water partition coefficient (Wildman–Crippen LogP) is 6.33. The topological polar surface area (TPSA) is 74.7 Å². The van der Waals surface area contributed by atoms with Crippen molar-refractivity contribution in [2.75, 3.05) is 4.90 Å². The minimum Gasteiger partial charge on any atom is -0.477 e. The van der Waals surface area contributed by atoms with Gasteiger partial charge in [0, 0.05) is 35.6 Å². The molecule has 174 valence electrons. The number of carboxylic acid groups (broad SMARTS) is 1. The fraction of sp³-hybridized carbons (Fsp3) is 0.654. The Kier molecular flexibility index (Phi) is 7.18. The van der Waals surface area contributed by atoms with Crippen LogP contribution >= 0.6 is 11.3 Å². The van der Waals surface area contributed by atoms with Crippen molar-refractivity contribution in [3.63, 3.8) is 0 Å². The third-order valence-corrected chi connectivity index (χ3v) is 8.95. The number of Topliss-reactive ketones (excluding diaryl/α,β-unsaturated/α-hetero) is 1. The number of ketones is 1. The van der Waals surface area contributed by atoms with Crippen LogP contribution in [0.15, 0.2) is 17.7 Å². The first-order chi connectivity index (χ1) is 15.3. The van der Waals surface area contributed by atoms with E-state index in [2.05, 4.69) is 19.9 Å². The van der Waals surface area contributed by atoms with Crippen LogP contribution in [0.4, 0.5) is 5.69 Å². The highest BCUT2D eigenvalue weighted by molar-refractivity contribution is 7.14. The highest BCUT2D eigenvalue weighted by Crippen LogP contribution is 2.44. The highest BCUT2D eigenvalue weighted by Gasteiger charge is 2.37. The third kappa shape index (κ3) is 4.85. The number of hydrogen-bond acceptors (Lipinski definition) is 4. The van der Waals surface area contributed by atoms with E-state index in [9.17, 15) is 19.5 Å². The Morgan fingerprint density at radius 2 is 1.75 bits per heavy atom. The van der Waals surface area contributed by atoms with Gasteiger partial charge in [-0.05, 0) is 76.7 Å². The average Bonchev–Trinajstić information content (AvgIpc) is 3.21. The lowest BCUT2D eigenvalue weighted by atomic mass is 9.81. The molecule has 2 fully saturated rings. The van der Waals surface area contributed by atoms with Crippen molar-refractivity contribution in [3.8, 4) is 0 Å². The first kappa shape index (κ1) is 23.2. The molecule has 0 aromatic carbocycles. The zero-order chi connectivity index (χ0) is 22.8. The molecule has 32 heavy (non-hydrogen) atoms. The molecule has 0 aliphatic heterocycles. The minimum atomic E-state index is -0.962. The van der Waals surface area contributed by atoms with Crippen molar-refractivity contribution in [1.82, 2.24) is 0 Å². The predicted molar refractivity (Wildman–Crippen MR) is 127 cm³/mol. The number of rotatable bonds is 5. The molecule has 1 amide bonds. The van der Waals surface area contributed by atoms with Crippen LogP contribution in [0.5, 0.6) is 0 Å². The zero-order valence-electron chi connectivity index (χ0n) is 19.3. The summed E-state index contributed by atoms with van der Waals surface area (Å²) < 4.78 is 0. The van der Waals surface area contributed by atoms with Gasteiger partial charge in [-0.2, -0.15) is 0 Å². The van der Waals surface area contributed by atoms with Gasteiger partial charge in [0.05, 0.1) is 5.69 Å². The third-order valence-electron chi connectivity index (χ3n) is 7.72. The van der Waals surface area contributed by atoms with Gasteiger partial charge in [0.1, 0.15) is 10.7 Å². The molecule has 0 saturated heterocycles. The summed E-state index contributed by atoms with van der Waals surface area (Å²) in [6, 6.07) is 1.89. The molecule has 0 unspecified atom stereocenters. The number of allylic oxidation sites excluding steroid dienone is 2. The second kappa shape index (κ2) is 9.90. The maximum Gasteiger partial charge on any atom is 0.348 e. The quantitative estimate of drug-likeness (QED) is 0.524. The molecule has 0 spiro atoms. The molecule has 3 aliphatic rings. The SMILES string of the molecule is CC1=CCCC[C@@H]1c1cc(N(C(=O)C2CCC(C)CC2)C2CCC(=O)CC2)c(C(=O)O)s1. The molecule has 3 aliphatic carbocycles. The van der Waals surface area contributed by atoms with Crippen LogP contribution in [0.25, 0.3) is 0 Å². The van der Waals surface area contributed by atoms with E-state index < -0.39 is 5.97 Å². The van der Waals surface area contributed by atoms with Crippen LogP contribution in [0, 0.1) is 11.8 Å². The summed E-state index contributed by atoms with van der Waals surface area (Å²) >= 11 is 1.33. The van der Waals surface area contributed by atoms with Crippen molar-refractivity contribution < 1.29 is 19.5 Å². The molecule has 4 rings (SSSR count). The Labute approximate surface area is 194 Å². The van der Waals surface area contributed by atoms with E-state index in [1.807, 2.05) is 11.0 Å². The summed E-state index contributed by atoms with van der Waals surface area (Å²) in [6.45, 7) is 4.36. The molecular formula is C26H35NO4S. The molecule has 0 radical (unpaired) electrons. The van der Waals surface area contributed by atoms with E-state index in [0.29, 0.717) is 37.3 Å². The Morgan fingerprint density at radius 3 is 2.38 bits per heavy atom. The number of carboxylic acids is 1. The van der Waals surface area contributed by atoms with E-state index in [1.54, 1.807) is 0 Å². The normalized spacial score (nSPS) is 27.1. The van der Waals surface area contributed by atoms with Crippen LogP contribution in [0.1, 0.15) is 105 Å². The number of anilines is 1. The highest BCUT2D eigenvalue weighted by atomic mass is 32.1. The van der Waals surface area contributed by atoms with E-state index in [-0.39, 0.29) is 34.4 Å². The Balaban J connectivity index is 1.71. The summed E-state index contributed by atoms with van der Waals surface area (Å²) in [5.41, 5.74) is 1.86. The molecule has 6 heteroatoms. The van der Waals surface area contributed by atoms with Gasteiger partial charge >= 0.3 is 5.97 Å². The maximum atomic E-state index is 13.9. The van der Waals surface area contributed by atoms with Crippen LogP contribution < -0.4 is 4.90 Å². The number of hydrogen-bond donors (Lipinski definition) is 1. The summed E-state index contributed by atoms with van der Waals surface area (Å²) in [6.07, 6.45) is 11.5. The molecule has 1 heterocycles. The largest absolute Gasteiger partial charge is 0.477 e. The number of aromatic carboxylic acids is 1. The Bertz CT molecular complexity index is 899. The van der Waals surface area contributed by atoms with E-state index in [1.165, 1.54) is 16.9 Å². The fourth-order valence-electron chi connectivity index (χ4n) is 5.67. The van der Waals surface area contributed by atoms with Crippen molar-refractivity contribution in [2.45, 2.75) is 96.4 Å². The summed E-state index contributed by atoms with van der Waals surface area (Å²) in [5.74, 6) is 0.177. The van der Waals surface area contributed by atoms with Crippen molar-refractivity contribution in [3.05, 3.63) is 27.5 Å². The van der Waals surface area contributed by atoms with Gasteiger partial charge in [0.2, 0.25) is 5.91 Å². The molecule has 5 nitrogen and oxygen atoms in total. The van der Waals surface area contributed by atoms with Gasteiger partial charge in [0.15, 0.2) is 0 Å². The molecule has 0 bridgehead atoms. The monoisotopic (exact) mass is 457 g/mol. The maximum absolute atomic E-state index is 13.9. The standard InChI is InChI=1S/C26H35NO4S/c1-16-7-9-18(10-8-16)25(29)27(19-11-13-20(28)14-12-19)22-15-23(32-24(22)26(30)31)21-6-4-3-5-17(21)2/h5,15-16,18-19,21H,3-4,6-14H2,1-2H3,(H,30,31)/t16?,18?,21-/m0/s1. The van der Waals surface area contributed by atoms with E-state index in [0.717, 1.165) is 49.8 Å². The number of nitrogens with zero attached hydrogens (tertiary/aromatic N) is 1. The molecular weight excluding hydrogens is 422 g/mol. The lowest BCUT2D eigenvalue weighted by molar-refractivity contribution is -0.125. The number of carbonyl (C=O) groups excluding carboxylic acids is 2. The van der Waals surface area contributed by atoms with Crippen LogP contribution in [0.3, 0.4) is 0 Å². The van der Waals surface area contributed by atoms with Crippen LogP contribution in [-0.4, -0.2) is 28.8 Å². The number of carbonyl (C=O) groups is 3. The van der Waals surface area contributed by atoms with E-state index in [4.69, 9.17) is 0 Å². The van der Waals surface area contributed by atoms with Gasteiger partial charge < -0.3 is 10.0 Å². The van der Waals surface area contributed by atoms with Crippen LogP contribution in [-0.2, 0) is 9.59 Å². The number of thiophene rings is 1. The summed E-state index contributed by atoms with van der Waals surface area (Å²) in [4.78, 5) is 41.2. The smallest absolute Gasteiger partial charge is 0.348 e. The summed E-state index contributed by atoms with van der Waals surface area (Å²) in [5, 5.41) is 10.1. The van der Waals surface area contributed by atoms with Crippen molar-refractivity contribution >= 4 is 34.7 Å². The van der Waals surface area contributed by atoms with Crippen LogP contribution in [0.2, 0.25) is 0 Å². The second-order valence-electron chi connectivity index (χ2n) is 10.0. The first-order valence-corrected chi connectivity index (χ1v) is 13.0. The Hall–Kier alpha value is -1.95. The van der Waals surface area contributed by atoms with Gasteiger partial charge in [0.25, 0.3) is 0 Å². The fourth-order valence-corrected chi connectivity index (χ4v) is 6.88. The lowest BCUT2D eigenvalue weighted by Crippen LogP contribution is -2.46. The zero-order valence-corrected chi connectivity index (χ0v) is 20.1. The lowest BCUT2D eigenvalue weighted by Gasteiger charge is -2.37. The number of amides is 1. The second-order valence-corrected chi connectivity index (χ2v) is 11.1. The van der Waals surface area contributed by atoms with Gasteiger partial charge in [-0.15, -0.1) is 11.3 Å². The molecule has 2 saturated carbocycles. The molecule has 1 atom stereocenters.